The van der Waals surface area contributed by atoms with Crippen molar-refractivity contribution in [3.05, 3.63) is 0 Å². The number of rotatable bonds is 4. The van der Waals surface area contributed by atoms with E-state index in [0.717, 1.165) is 11.3 Å². The predicted molar refractivity (Wildman–Crippen MR) is 51.7 cm³/mol. The van der Waals surface area contributed by atoms with Gasteiger partial charge in [-0.25, -0.2) is 9.59 Å². The number of carbonyl (C=O) groups is 2. The Hall–Kier alpha value is -1.18. The third-order valence-electron chi connectivity index (χ3n) is 2.77. The summed E-state index contributed by atoms with van der Waals surface area (Å²) in [5, 5.41) is 36.6. The van der Waals surface area contributed by atoms with Crippen molar-refractivity contribution in [2.75, 3.05) is 13.1 Å². The number of hydrogen-bond donors (Lipinski definition) is 4. The minimum atomic E-state index is -2.74. The zero-order valence-electron chi connectivity index (χ0n) is 8.67. The molecule has 4 N–H and O–H groups in total. The molecule has 0 saturated carbocycles. The quantitative estimate of drug-likeness (QED) is 0.476. The van der Waals surface area contributed by atoms with Crippen LogP contribution in [0.15, 0.2) is 0 Å². The summed E-state index contributed by atoms with van der Waals surface area (Å²) >= 11 is 0. The van der Waals surface area contributed by atoms with Crippen LogP contribution in [0.5, 0.6) is 0 Å². The van der Waals surface area contributed by atoms with Crippen LogP contribution in [-0.2, 0) is 9.59 Å². The van der Waals surface area contributed by atoms with E-state index in [1.165, 1.54) is 0 Å². The molecule has 1 heterocycles. The van der Waals surface area contributed by atoms with Gasteiger partial charge in [0.15, 0.2) is 0 Å². The number of carboxylic acid groups (broad SMARTS) is 2. The molecule has 0 aliphatic carbocycles. The molecule has 1 aliphatic heterocycles. The van der Waals surface area contributed by atoms with Crippen molar-refractivity contribution in [2.24, 2.45) is 0 Å². The first-order valence-electron chi connectivity index (χ1n) is 5.02. The molecule has 16 heavy (non-hydrogen) atoms. The average molecular weight is 233 g/mol. The van der Waals surface area contributed by atoms with E-state index >= 15 is 0 Å². The van der Waals surface area contributed by atoms with Gasteiger partial charge in [0, 0.05) is 13.1 Å². The van der Waals surface area contributed by atoms with Crippen molar-refractivity contribution >= 4 is 11.9 Å². The largest absolute Gasteiger partial charge is 0.479 e. The van der Waals surface area contributed by atoms with Crippen molar-refractivity contribution in [1.29, 1.82) is 0 Å². The second-order valence-electron chi connectivity index (χ2n) is 3.82. The number of likely N-dealkylation sites (tertiary alicyclic amines) is 1. The first kappa shape index (κ1) is 12.9. The summed E-state index contributed by atoms with van der Waals surface area (Å²) in [7, 11) is 0. The normalized spacial score (nSPS) is 23.4. The molecule has 2 atom stereocenters. The van der Waals surface area contributed by atoms with Gasteiger partial charge >= 0.3 is 11.9 Å². The maximum absolute atomic E-state index is 11.0. The fourth-order valence-corrected chi connectivity index (χ4v) is 1.83. The number of nitrogens with zero attached hydrogens (tertiary/aromatic N) is 1. The molecule has 1 fully saturated rings. The van der Waals surface area contributed by atoms with Crippen LogP contribution < -0.4 is 0 Å². The number of hydrogen-bond acceptors (Lipinski definition) is 5. The number of carboxylic acids is 2. The Balaban J connectivity index is 2.94. The minimum absolute atomic E-state index is 0.257. The lowest BCUT2D eigenvalue weighted by atomic mass is 10.0. The highest BCUT2D eigenvalue weighted by atomic mass is 16.5. The van der Waals surface area contributed by atoms with Crippen LogP contribution in [0.25, 0.3) is 0 Å². The number of aliphatic hydroxyl groups is 2. The van der Waals surface area contributed by atoms with E-state index in [1.54, 1.807) is 0 Å². The predicted octanol–water partition coefficient (Wildman–Crippen LogP) is -1.31. The van der Waals surface area contributed by atoms with Gasteiger partial charge in [0.1, 0.15) is 0 Å². The number of aliphatic hydroxyl groups excluding tert-OH is 1. The Morgan fingerprint density at radius 2 is 1.62 bits per heavy atom. The molecule has 1 rings (SSSR count). The Kier molecular flexibility index (Phi) is 3.84. The van der Waals surface area contributed by atoms with Crippen LogP contribution in [0, 0.1) is 0 Å². The number of piperidine rings is 1. The highest BCUT2D eigenvalue weighted by Gasteiger charge is 2.52. The second kappa shape index (κ2) is 4.77. The molecule has 0 radical (unpaired) electrons. The van der Waals surface area contributed by atoms with Crippen LogP contribution in [0.2, 0.25) is 0 Å². The lowest BCUT2D eigenvalue weighted by molar-refractivity contribution is -0.217. The summed E-state index contributed by atoms with van der Waals surface area (Å²) in [5.74, 6) is -3.50. The third kappa shape index (κ3) is 2.16. The van der Waals surface area contributed by atoms with Gasteiger partial charge in [-0.15, -0.1) is 0 Å². The van der Waals surface area contributed by atoms with Gasteiger partial charge in [-0.05, 0) is 12.8 Å². The average Bonchev–Trinajstić information content (AvgIpc) is 2.27. The molecule has 92 valence electrons. The standard InChI is InChI=1S/C9H15NO6/c11-6(7(12)13)9(16,8(14)15)10-4-2-1-3-5-10/h6,11,16H,1-5H2,(H,12,13)(H,14,15). The maximum atomic E-state index is 11.0. The monoisotopic (exact) mass is 233 g/mol. The van der Waals surface area contributed by atoms with Gasteiger partial charge in [-0.2, -0.15) is 0 Å². The van der Waals surface area contributed by atoms with Gasteiger partial charge in [0.25, 0.3) is 5.72 Å². The first-order valence-corrected chi connectivity index (χ1v) is 5.02. The Morgan fingerprint density at radius 3 is 2.00 bits per heavy atom. The summed E-state index contributed by atoms with van der Waals surface area (Å²) in [6.07, 6.45) is -0.123. The van der Waals surface area contributed by atoms with Crippen molar-refractivity contribution < 1.29 is 30.0 Å². The van der Waals surface area contributed by atoms with E-state index < -0.39 is 23.8 Å². The summed E-state index contributed by atoms with van der Waals surface area (Å²) < 4.78 is 0. The summed E-state index contributed by atoms with van der Waals surface area (Å²) in [6.45, 7) is 0.514. The van der Waals surface area contributed by atoms with Crippen LogP contribution in [-0.4, -0.2) is 62.2 Å². The molecular weight excluding hydrogens is 218 g/mol. The molecule has 0 aromatic rings. The molecule has 1 aliphatic rings. The zero-order valence-corrected chi connectivity index (χ0v) is 8.67. The van der Waals surface area contributed by atoms with Gasteiger partial charge < -0.3 is 20.4 Å². The van der Waals surface area contributed by atoms with E-state index in [1.807, 2.05) is 0 Å². The SMILES string of the molecule is O=C(O)C(O)C(O)(C(=O)O)N1CCCCC1. The smallest absolute Gasteiger partial charge is 0.355 e. The minimum Gasteiger partial charge on any atom is -0.479 e. The molecular formula is C9H15NO6. The van der Waals surface area contributed by atoms with E-state index in [0.29, 0.717) is 12.8 Å². The second-order valence-corrected chi connectivity index (χ2v) is 3.82. The van der Waals surface area contributed by atoms with Gasteiger partial charge in [-0.3, -0.25) is 4.90 Å². The van der Waals surface area contributed by atoms with Crippen LogP contribution in [0.3, 0.4) is 0 Å². The number of aliphatic carboxylic acids is 2. The van der Waals surface area contributed by atoms with Crippen LogP contribution >= 0.6 is 0 Å². The van der Waals surface area contributed by atoms with Gasteiger partial charge in [0.2, 0.25) is 6.10 Å². The first-order chi connectivity index (χ1) is 7.40. The lowest BCUT2D eigenvalue weighted by Gasteiger charge is -2.39. The Bertz CT molecular complexity index is 288. The van der Waals surface area contributed by atoms with Crippen molar-refractivity contribution in [3.63, 3.8) is 0 Å². The molecule has 7 nitrogen and oxygen atoms in total. The van der Waals surface area contributed by atoms with E-state index in [2.05, 4.69) is 0 Å². The van der Waals surface area contributed by atoms with Crippen molar-refractivity contribution in [1.82, 2.24) is 4.90 Å². The molecule has 0 aromatic carbocycles. The highest BCUT2D eigenvalue weighted by Crippen LogP contribution is 2.23. The Labute approximate surface area is 91.9 Å². The summed E-state index contributed by atoms with van der Waals surface area (Å²) in [5.41, 5.74) is -2.74. The van der Waals surface area contributed by atoms with Gasteiger partial charge in [-0.1, -0.05) is 6.42 Å². The summed E-state index contributed by atoms with van der Waals surface area (Å²) in [6, 6.07) is 0. The maximum Gasteiger partial charge on any atom is 0.355 e. The summed E-state index contributed by atoms with van der Waals surface area (Å²) in [4.78, 5) is 22.6. The topological polar surface area (TPSA) is 118 Å². The van der Waals surface area contributed by atoms with E-state index in [9.17, 15) is 19.8 Å². The fourth-order valence-electron chi connectivity index (χ4n) is 1.83. The van der Waals surface area contributed by atoms with E-state index in [4.69, 9.17) is 10.2 Å². The zero-order chi connectivity index (χ0) is 12.3. The highest BCUT2D eigenvalue weighted by molar-refractivity contribution is 5.86. The molecule has 0 aromatic heterocycles. The van der Waals surface area contributed by atoms with Crippen LogP contribution in [0.4, 0.5) is 0 Å². The molecule has 0 amide bonds. The van der Waals surface area contributed by atoms with E-state index in [-0.39, 0.29) is 13.1 Å². The third-order valence-corrected chi connectivity index (χ3v) is 2.77. The van der Waals surface area contributed by atoms with Gasteiger partial charge in [0.05, 0.1) is 0 Å². The molecule has 0 spiro atoms. The van der Waals surface area contributed by atoms with Crippen molar-refractivity contribution in [3.8, 4) is 0 Å². The molecule has 0 bridgehead atoms. The van der Waals surface area contributed by atoms with Crippen LogP contribution in [0.1, 0.15) is 19.3 Å². The lowest BCUT2D eigenvalue weighted by Crippen LogP contribution is -2.65. The molecule has 7 heteroatoms. The van der Waals surface area contributed by atoms with Crippen molar-refractivity contribution in [2.45, 2.75) is 31.1 Å². The Morgan fingerprint density at radius 1 is 1.12 bits per heavy atom. The fraction of sp³-hybridized carbons (Fsp3) is 0.778. The molecule has 1 saturated heterocycles. The molecule has 2 unspecified atom stereocenters.